The Kier molecular flexibility index (Phi) is 6.33. The first-order valence-corrected chi connectivity index (χ1v) is 6.86. The molecule has 1 aliphatic carbocycles. The van der Waals surface area contributed by atoms with Crippen LogP contribution in [0.15, 0.2) is 0 Å². The Morgan fingerprint density at radius 2 is 1.82 bits per heavy atom. The summed E-state index contributed by atoms with van der Waals surface area (Å²) in [6, 6.07) is -1.49. The normalized spacial score (nSPS) is 24.7. The first kappa shape index (κ1) is 18.9. The third-order valence-corrected chi connectivity index (χ3v) is 3.55. The molecule has 1 rings (SSSR count). The van der Waals surface area contributed by atoms with Gasteiger partial charge in [-0.15, -0.1) is 0 Å². The third kappa shape index (κ3) is 6.29. The predicted octanol–water partition coefficient (Wildman–Crippen LogP) is 2.72. The van der Waals surface area contributed by atoms with Gasteiger partial charge < -0.3 is 15.7 Å². The van der Waals surface area contributed by atoms with Crippen LogP contribution in [0.3, 0.4) is 0 Å². The van der Waals surface area contributed by atoms with E-state index in [1.54, 1.807) is 0 Å². The zero-order valence-corrected chi connectivity index (χ0v) is 11.6. The number of amides is 2. The Labute approximate surface area is 123 Å². The average Bonchev–Trinajstić information content (AvgIpc) is 2.36. The molecular formula is C12H18F6N2O2. The zero-order valence-electron chi connectivity index (χ0n) is 11.6. The molecule has 0 bridgehead atoms. The maximum atomic E-state index is 12.6. The quantitative estimate of drug-likeness (QED) is 0.692. The number of aliphatic hydroxyl groups excluding tert-OH is 1. The number of hydrogen-bond donors (Lipinski definition) is 3. The van der Waals surface area contributed by atoms with Crippen molar-refractivity contribution < 1.29 is 36.2 Å². The van der Waals surface area contributed by atoms with Gasteiger partial charge >= 0.3 is 18.4 Å². The van der Waals surface area contributed by atoms with Crippen LogP contribution in [-0.4, -0.2) is 42.2 Å². The van der Waals surface area contributed by atoms with Gasteiger partial charge in [0.25, 0.3) is 0 Å². The van der Waals surface area contributed by atoms with E-state index < -0.39 is 49.4 Å². The monoisotopic (exact) mass is 336 g/mol. The fourth-order valence-electron chi connectivity index (χ4n) is 2.34. The number of halogens is 6. The van der Waals surface area contributed by atoms with E-state index in [4.69, 9.17) is 5.11 Å². The highest BCUT2D eigenvalue weighted by atomic mass is 19.4. The summed E-state index contributed by atoms with van der Waals surface area (Å²) in [5.74, 6) is -1.47. The van der Waals surface area contributed by atoms with Gasteiger partial charge in [-0.3, -0.25) is 0 Å². The lowest BCUT2D eigenvalue weighted by atomic mass is 9.85. The molecule has 2 amide bonds. The molecule has 3 N–H and O–H groups in total. The zero-order chi connectivity index (χ0) is 17.0. The van der Waals surface area contributed by atoms with Crippen LogP contribution in [0.2, 0.25) is 0 Å². The molecule has 1 saturated carbocycles. The van der Waals surface area contributed by atoms with Gasteiger partial charge in [0.2, 0.25) is 0 Å². The molecule has 4 nitrogen and oxygen atoms in total. The lowest BCUT2D eigenvalue weighted by Gasteiger charge is -2.31. The molecule has 0 aromatic heterocycles. The van der Waals surface area contributed by atoms with Crippen LogP contribution in [0.25, 0.3) is 0 Å². The molecule has 0 aromatic rings. The lowest BCUT2D eigenvalue weighted by Crippen LogP contribution is -2.46. The summed E-state index contributed by atoms with van der Waals surface area (Å²) in [6.07, 6.45) is -11.8. The predicted molar refractivity (Wildman–Crippen MR) is 65.0 cm³/mol. The number of nitrogens with one attached hydrogen (secondary N) is 2. The second kappa shape index (κ2) is 7.38. The number of carbonyl (C=O) groups excluding carboxylic acids is 1. The molecule has 0 spiro atoms. The minimum absolute atomic E-state index is 0.0150. The first-order chi connectivity index (χ1) is 10.00. The summed E-state index contributed by atoms with van der Waals surface area (Å²) < 4.78 is 73.8. The molecule has 1 fully saturated rings. The maximum absolute atomic E-state index is 12.6. The van der Waals surface area contributed by atoms with E-state index in [0.717, 1.165) is 0 Å². The van der Waals surface area contributed by atoms with Gasteiger partial charge in [0.05, 0.1) is 5.92 Å². The Morgan fingerprint density at radius 3 is 2.36 bits per heavy atom. The molecule has 1 aliphatic rings. The summed E-state index contributed by atoms with van der Waals surface area (Å²) in [5, 5.41) is 13.1. The van der Waals surface area contributed by atoms with Crippen LogP contribution in [0.5, 0.6) is 0 Å². The van der Waals surface area contributed by atoms with Crippen LogP contribution in [0.4, 0.5) is 31.1 Å². The highest BCUT2D eigenvalue weighted by Crippen LogP contribution is 2.37. The van der Waals surface area contributed by atoms with Crippen molar-refractivity contribution in [3.8, 4) is 0 Å². The summed E-state index contributed by atoms with van der Waals surface area (Å²) >= 11 is 0. The van der Waals surface area contributed by atoms with Crippen molar-refractivity contribution in [3.05, 3.63) is 0 Å². The van der Waals surface area contributed by atoms with Crippen molar-refractivity contribution in [3.63, 3.8) is 0 Å². The van der Waals surface area contributed by atoms with E-state index in [0.29, 0.717) is 12.8 Å². The molecule has 0 aliphatic heterocycles. The molecule has 0 saturated heterocycles. The van der Waals surface area contributed by atoms with E-state index in [-0.39, 0.29) is 12.8 Å². The summed E-state index contributed by atoms with van der Waals surface area (Å²) in [7, 11) is 0. The van der Waals surface area contributed by atoms with Gasteiger partial charge in [-0.1, -0.05) is 6.42 Å². The number of alkyl halides is 6. The van der Waals surface area contributed by atoms with E-state index in [9.17, 15) is 31.1 Å². The van der Waals surface area contributed by atoms with Gasteiger partial charge in [0, 0.05) is 12.6 Å². The van der Waals surface area contributed by atoms with Crippen LogP contribution in [0, 0.1) is 5.92 Å². The molecular weight excluding hydrogens is 318 g/mol. The van der Waals surface area contributed by atoms with Crippen molar-refractivity contribution in [2.24, 2.45) is 5.92 Å². The number of urea groups is 1. The molecule has 0 radical (unpaired) electrons. The van der Waals surface area contributed by atoms with Crippen LogP contribution < -0.4 is 10.6 Å². The van der Waals surface area contributed by atoms with Gasteiger partial charge in [0.15, 0.2) is 6.10 Å². The fraction of sp³-hybridized carbons (Fsp3) is 0.917. The van der Waals surface area contributed by atoms with Gasteiger partial charge in [-0.25, -0.2) is 4.79 Å². The topological polar surface area (TPSA) is 61.4 Å². The number of hydrogen-bond acceptors (Lipinski definition) is 2. The largest absolute Gasteiger partial charge is 0.414 e. The van der Waals surface area contributed by atoms with Crippen molar-refractivity contribution in [1.82, 2.24) is 10.6 Å². The molecule has 0 aromatic carbocycles. The van der Waals surface area contributed by atoms with Crippen LogP contribution in [-0.2, 0) is 0 Å². The Bertz CT molecular complexity index is 372. The maximum Gasteiger partial charge on any atom is 0.414 e. The average molecular weight is 336 g/mol. The molecule has 130 valence electrons. The molecule has 10 heteroatoms. The summed E-state index contributed by atoms with van der Waals surface area (Å²) in [6.45, 7) is -0.429. The minimum atomic E-state index is -4.76. The molecule has 3 atom stereocenters. The highest BCUT2D eigenvalue weighted by molar-refractivity contribution is 5.74. The SMILES string of the molecule is O=C(NCC[C@H](O)C(F)(F)F)N[C@@H]1CCC[C@H](C(F)(F)F)C1. The Balaban J connectivity index is 2.30. The van der Waals surface area contributed by atoms with Gasteiger partial charge in [-0.2, -0.15) is 26.3 Å². The number of carbonyl (C=O) groups is 1. The first-order valence-electron chi connectivity index (χ1n) is 6.86. The summed E-state index contributed by atoms with van der Waals surface area (Å²) in [4.78, 5) is 11.4. The van der Waals surface area contributed by atoms with E-state index >= 15 is 0 Å². The van der Waals surface area contributed by atoms with Crippen molar-refractivity contribution in [2.75, 3.05) is 6.54 Å². The number of aliphatic hydroxyl groups is 1. The van der Waals surface area contributed by atoms with Gasteiger partial charge in [-0.05, 0) is 25.7 Å². The van der Waals surface area contributed by atoms with E-state index in [2.05, 4.69) is 10.6 Å². The van der Waals surface area contributed by atoms with Crippen LogP contribution in [0.1, 0.15) is 32.1 Å². The smallest absolute Gasteiger partial charge is 0.384 e. The minimum Gasteiger partial charge on any atom is -0.384 e. The van der Waals surface area contributed by atoms with Crippen LogP contribution >= 0.6 is 0 Å². The highest BCUT2D eigenvalue weighted by Gasteiger charge is 2.42. The van der Waals surface area contributed by atoms with Crippen molar-refractivity contribution >= 4 is 6.03 Å². The molecule has 22 heavy (non-hydrogen) atoms. The number of rotatable bonds is 4. The standard InChI is InChI=1S/C12H18F6N2O2/c13-11(14,15)7-2-1-3-8(6-7)20-10(22)19-5-4-9(21)12(16,17)18/h7-9,21H,1-6H2,(H2,19,20,22)/t7-,8+,9-/m0/s1. The second-order valence-corrected chi connectivity index (χ2v) is 5.35. The van der Waals surface area contributed by atoms with Gasteiger partial charge in [0.1, 0.15) is 0 Å². The fourth-order valence-corrected chi connectivity index (χ4v) is 2.34. The molecule has 0 heterocycles. The van der Waals surface area contributed by atoms with E-state index in [1.807, 2.05) is 0 Å². The third-order valence-electron chi connectivity index (χ3n) is 3.55. The Morgan fingerprint density at radius 1 is 1.18 bits per heavy atom. The van der Waals surface area contributed by atoms with Crippen molar-refractivity contribution in [2.45, 2.75) is 56.6 Å². The lowest BCUT2D eigenvalue weighted by molar-refractivity contribution is -0.204. The second-order valence-electron chi connectivity index (χ2n) is 5.35. The van der Waals surface area contributed by atoms with Crippen molar-refractivity contribution in [1.29, 1.82) is 0 Å². The summed E-state index contributed by atoms with van der Waals surface area (Å²) in [5.41, 5.74) is 0. The van der Waals surface area contributed by atoms with E-state index in [1.165, 1.54) is 0 Å². The molecule has 0 unspecified atom stereocenters. The Hall–Kier alpha value is -1.19.